The van der Waals surface area contributed by atoms with Crippen LogP contribution in [0.25, 0.3) is 39.3 Å². The molecule has 3 heterocycles. The Morgan fingerprint density at radius 1 is 0.889 bits per heavy atom. The summed E-state index contributed by atoms with van der Waals surface area (Å²) in [5, 5.41) is 0.602. The van der Waals surface area contributed by atoms with Gasteiger partial charge in [-0.3, -0.25) is 9.38 Å². The van der Waals surface area contributed by atoms with Crippen LogP contribution in [-0.4, -0.2) is 19.4 Å². The molecule has 0 saturated carbocycles. The molecule has 5 aromatic rings. The zero-order valence-electron chi connectivity index (χ0n) is 14.0. The van der Waals surface area contributed by atoms with Crippen molar-refractivity contribution < 1.29 is 4.39 Å². The number of pyridine rings is 1. The third kappa shape index (κ3) is 2.64. The molecule has 0 N–H and O–H groups in total. The standard InChI is InChI=1S/C21H12ClFN4/c22-14-5-6-19-18(11-14)26-21-25-17(15-3-1-2-4-16(15)23)12-20(27(19)21)13-7-9-24-10-8-13/h1-12H. The van der Waals surface area contributed by atoms with Crippen LogP contribution in [0.3, 0.4) is 0 Å². The number of hydrogen-bond acceptors (Lipinski definition) is 3. The molecule has 5 rings (SSSR count). The molecule has 0 aliphatic heterocycles. The maximum absolute atomic E-state index is 14.4. The first kappa shape index (κ1) is 15.9. The Kier molecular flexibility index (Phi) is 3.62. The van der Waals surface area contributed by atoms with Crippen molar-refractivity contribution in [3.8, 4) is 22.5 Å². The third-order valence-electron chi connectivity index (χ3n) is 4.46. The average molecular weight is 375 g/mol. The van der Waals surface area contributed by atoms with Gasteiger partial charge < -0.3 is 0 Å². The third-order valence-corrected chi connectivity index (χ3v) is 4.69. The van der Waals surface area contributed by atoms with Crippen LogP contribution >= 0.6 is 11.6 Å². The molecule has 0 radical (unpaired) electrons. The monoisotopic (exact) mass is 374 g/mol. The van der Waals surface area contributed by atoms with E-state index >= 15 is 0 Å². The molecule has 0 amide bonds. The highest BCUT2D eigenvalue weighted by molar-refractivity contribution is 6.31. The summed E-state index contributed by atoms with van der Waals surface area (Å²) in [6, 6.07) is 17.8. The van der Waals surface area contributed by atoms with Crippen LogP contribution in [0.15, 0.2) is 73.1 Å². The Morgan fingerprint density at radius 3 is 2.52 bits per heavy atom. The van der Waals surface area contributed by atoms with Gasteiger partial charge >= 0.3 is 0 Å². The smallest absolute Gasteiger partial charge is 0.235 e. The molecule has 0 aliphatic carbocycles. The van der Waals surface area contributed by atoms with E-state index in [4.69, 9.17) is 11.6 Å². The summed E-state index contributed by atoms with van der Waals surface area (Å²) in [7, 11) is 0. The lowest BCUT2D eigenvalue weighted by Gasteiger charge is -2.10. The zero-order chi connectivity index (χ0) is 18.4. The molecule has 0 unspecified atom stereocenters. The molecule has 4 nitrogen and oxygen atoms in total. The van der Waals surface area contributed by atoms with Crippen molar-refractivity contribution in [1.29, 1.82) is 0 Å². The van der Waals surface area contributed by atoms with Crippen LogP contribution in [0, 0.1) is 5.82 Å². The minimum atomic E-state index is -0.325. The van der Waals surface area contributed by atoms with Gasteiger partial charge in [0.05, 0.1) is 22.4 Å². The van der Waals surface area contributed by atoms with E-state index in [0.29, 0.717) is 22.1 Å². The van der Waals surface area contributed by atoms with Crippen molar-refractivity contribution >= 4 is 28.4 Å². The molecule has 6 heteroatoms. The van der Waals surface area contributed by atoms with Crippen LogP contribution in [0.1, 0.15) is 0 Å². The van der Waals surface area contributed by atoms with E-state index < -0.39 is 0 Å². The molecule has 0 spiro atoms. The number of aromatic nitrogens is 4. The van der Waals surface area contributed by atoms with Crippen LogP contribution in [0.2, 0.25) is 5.02 Å². The fraction of sp³-hybridized carbons (Fsp3) is 0. The SMILES string of the molecule is Fc1ccccc1-c1cc(-c2ccncc2)n2c(n1)nc1cc(Cl)ccc12. The topological polar surface area (TPSA) is 43.1 Å². The normalized spacial score (nSPS) is 11.3. The molecule has 0 fully saturated rings. The van der Waals surface area contributed by atoms with Gasteiger partial charge in [0, 0.05) is 28.5 Å². The van der Waals surface area contributed by atoms with Crippen LogP contribution in [-0.2, 0) is 0 Å². The van der Waals surface area contributed by atoms with Crippen molar-refractivity contribution in [3.63, 3.8) is 0 Å². The average Bonchev–Trinajstić information content (AvgIpc) is 3.05. The molecular weight excluding hydrogens is 363 g/mol. The minimum absolute atomic E-state index is 0.325. The Morgan fingerprint density at radius 2 is 1.70 bits per heavy atom. The van der Waals surface area contributed by atoms with Gasteiger partial charge in [-0.25, -0.2) is 14.4 Å². The van der Waals surface area contributed by atoms with E-state index in [-0.39, 0.29) is 5.82 Å². The van der Waals surface area contributed by atoms with Gasteiger partial charge in [-0.05, 0) is 48.5 Å². The number of fused-ring (bicyclic) bond motifs is 3. The molecule has 27 heavy (non-hydrogen) atoms. The van der Waals surface area contributed by atoms with Crippen molar-refractivity contribution in [1.82, 2.24) is 19.4 Å². The van der Waals surface area contributed by atoms with Gasteiger partial charge in [-0.1, -0.05) is 23.7 Å². The molecular formula is C21H12ClFN4. The Bertz CT molecular complexity index is 1300. The summed E-state index contributed by atoms with van der Waals surface area (Å²) in [4.78, 5) is 13.3. The van der Waals surface area contributed by atoms with Crippen molar-refractivity contribution in [2.75, 3.05) is 0 Å². The lowest BCUT2D eigenvalue weighted by molar-refractivity contribution is 0.631. The lowest BCUT2D eigenvalue weighted by atomic mass is 10.1. The highest BCUT2D eigenvalue weighted by Crippen LogP contribution is 2.30. The maximum Gasteiger partial charge on any atom is 0.235 e. The molecule has 0 atom stereocenters. The van der Waals surface area contributed by atoms with Crippen molar-refractivity contribution in [2.45, 2.75) is 0 Å². The summed E-state index contributed by atoms with van der Waals surface area (Å²) >= 11 is 6.12. The van der Waals surface area contributed by atoms with E-state index in [9.17, 15) is 4.39 Å². The van der Waals surface area contributed by atoms with E-state index in [1.807, 2.05) is 34.7 Å². The number of nitrogens with zero attached hydrogens (tertiary/aromatic N) is 4. The number of hydrogen-bond donors (Lipinski definition) is 0. The maximum atomic E-state index is 14.4. The van der Waals surface area contributed by atoms with Crippen molar-refractivity contribution in [3.05, 3.63) is 83.9 Å². The van der Waals surface area contributed by atoms with Gasteiger partial charge in [-0.2, -0.15) is 0 Å². The number of halogens is 2. The quantitative estimate of drug-likeness (QED) is 0.415. The van der Waals surface area contributed by atoms with Gasteiger partial charge in [0.15, 0.2) is 0 Å². The van der Waals surface area contributed by atoms with Crippen molar-refractivity contribution in [2.24, 2.45) is 0 Å². The van der Waals surface area contributed by atoms with E-state index in [1.54, 1.807) is 36.7 Å². The Hall–Kier alpha value is -3.31. The van der Waals surface area contributed by atoms with Gasteiger partial charge in [0.1, 0.15) is 5.82 Å². The fourth-order valence-electron chi connectivity index (χ4n) is 3.23. The molecule has 2 aromatic carbocycles. The predicted octanol–water partition coefficient (Wildman–Crippen LogP) is 5.40. The highest BCUT2D eigenvalue weighted by atomic mass is 35.5. The second-order valence-electron chi connectivity index (χ2n) is 6.12. The first-order valence-electron chi connectivity index (χ1n) is 8.35. The van der Waals surface area contributed by atoms with Gasteiger partial charge in [0.2, 0.25) is 5.78 Å². The summed E-state index contributed by atoms with van der Waals surface area (Å²) < 4.78 is 16.3. The predicted molar refractivity (Wildman–Crippen MR) is 104 cm³/mol. The molecule has 0 saturated heterocycles. The van der Waals surface area contributed by atoms with Gasteiger partial charge in [-0.15, -0.1) is 0 Å². The van der Waals surface area contributed by atoms with E-state index in [2.05, 4.69) is 15.0 Å². The second kappa shape index (κ2) is 6.14. The second-order valence-corrected chi connectivity index (χ2v) is 6.56. The van der Waals surface area contributed by atoms with Crippen LogP contribution in [0.4, 0.5) is 4.39 Å². The number of rotatable bonds is 2. The summed E-state index contributed by atoms with van der Waals surface area (Å²) in [6.45, 7) is 0. The summed E-state index contributed by atoms with van der Waals surface area (Å²) in [5.41, 5.74) is 4.36. The van der Waals surface area contributed by atoms with Crippen LogP contribution in [0.5, 0.6) is 0 Å². The Balaban J connectivity index is 1.90. The summed E-state index contributed by atoms with van der Waals surface area (Å²) in [6.07, 6.45) is 3.45. The van der Waals surface area contributed by atoms with Gasteiger partial charge in [0.25, 0.3) is 0 Å². The zero-order valence-corrected chi connectivity index (χ0v) is 14.7. The fourth-order valence-corrected chi connectivity index (χ4v) is 3.40. The molecule has 3 aromatic heterocycles. The first-order chi connectivity index (χ1) is 13.2. The van der Waals surface area contributed by atoms with E-state index in [1.165, 1.54) is 6.07 Å². The first-order valence-corrected chi connectivity index (χ1v) is 8.72. The number of benzene rings is 2. The minimum Gasteiger partial charge on any atom is -0.276 e. The Labute approximate surface area is 158 Å². The van der Waals surface area contributed by atoms with E-state index in [0.717, 1.165) is 22.3 Å². The molecule has 0 aliphatic rings. The molecule has 0 bridgehead atoms. The summed E-state index contributed by atoms with van der Waals surface area (Å²) in [5.74, 6) is 0.161. The lowest BCUT2D eigenvalue weighted by Crippen LogP contribution is -1.98. The highest BCUT2D eigenvalue weighted by Gasteiger charge is 2.16. The van der Waals surface area contributed by atoms with Crippen LogP contribution < -0.4 is 0 Å². The number of imidazole rings is 1. The largest absolute Gasteiger partial charge is 0.276 e. The molecule has 130 valence electrons.